The van der Waals surface area contributed by atoms with Crippen molar-refractivity contribution in [1.82, 2.24) is 10.3 Å². The Kier molecular flexibility index (Phi) is 4.86. The van der Waals surface area contributed by atoms with Crippen LogP contribution in [-0.4, -0.2) is 29.3 Å². The van der Waals surface area contributed by atoms with E-state index in [4.69, 9.17) is 5.10 Å². The first-order valence-corrected chi connectivity index (χ1v) is 11.5. The number of unbranched alkanes of at least 4 members (excludes halogenated alkanes) is 1. The lowest BCUT2D eigenvalue weighted by Gasteiger charge is -2.39. The van der Waals surface area contributed by atoms with Crippen molar-refractivity contribution in [1.29, 1.82) is 0 Å². The molecule has 3 unspecified atom stereocenters. The second-order valence-electron chi connectivity index (χ2n) is 9.50. The summed E-state index contributed by atoms with van der Waals surface area (Å²) in [6.07, 6.45) is 6.90. The van der Waals surface area contributed by atoms with Crippen LogP contribution in [0.2, 0.25) is 0 Å². The van der Waals surface area contributed by atoms with Gasteiger partial charge in [-0.25, -0.2) is 9.80 Å². The lowest BCUT2D eigenvalue weighted by molar-refractivity contribution is 0.118. The highest BCUT2D eigenvalue weighted by molar-refractivity contribution is 7.08. The van der Waals surface area contributed by atoms with Gasteiger partial charge in [0.05, 0.1) is 6.54 Å². The van der Waals surface area contributed by atoms with E-state index in [1.165, 1.54) is 24.1 Å². The summed E-state index contributed by atoms with van der Waals surface area (Å²) < 4.78 is 0. The molecule has 0 saturated heterocycles. The smallest absolute Gasteiger partial charge is 0.333 e. The Morgan fingerprint density at radius 2 is 2.22 bits per heavy atom. The number of nitrogens with zero attached hydrogens (tertiary/aromatic N) is 2. The zero-order valence-electron chi connectivity index (χ0n) is 17.1. The van der Waals surface area contributed by atoms with Gasteiger partial charge in [0, 0.05) is 17.7 Å². The predicted octanol–water partition coefficient (Wildman–Crippen LogP) is 5.62. The van der Waals surface area contributed by atoms with Crippen LogP contribution in [0, 0.1) is 16.7 Å². The number of nitrogens with one attached hydrogen (secondary N) is 1. The van der Waals surface area contributed by atoms with Crippen LogP contribution in [0.3, 0.4) is 0 Å². The molecule has 1 N–H and O–H groups in total. The third-order valence-electron chi connectivity index (χ3n) is 8.07. The van der Waals surface area contributed by atoms with Crippen LogP contribution in [0.4, 0.5) is 4.79 Å². The monoisotopic (exact) mass is 387 g/mol. The van der Waals surface area contributed by atoms with Crippen LogP contribution in [-0.2, 0) is 0 Å². The highest BCUT2D eigenvalue weighted by Gasteiger charge is 2.61. The van der Waals surface area contributed by atoms with E-state index in [0.717, 1.165) is 31.6 Å². The molecule has 0 spiro atoms. The minimum absolute atomic E-state index is 0.00342. The second kappa shape index (κ2) is 6.91. The summed E-state index contributed by atoms with van der Waals surface area (Å²) in [5, 5.41) is 14.2. The maximum atomic E-state index is 13.1. The molecular weight excluding hydrogens is 354 g/mol. The molecular formula is C22H33N3OS. The van der Waals surface area contributed by atoms with E-state index in [1.807, 2.05) is 0 Å². The SMILES string of the molecule is CCCCC1=NN(C(=O)N[C@H]2CC3CCC2(C)C3(C)C)CC1c1ccsc1. The Bertz CT molecular complexity index is 726. The van der Waals surface area contributed by atoms with E-state index in [1.54, 1.807) is 16.3 Å². The first-order valence-electron chi connectivity index (χ1n) is 10.5. The highest BCUT2D eigenvalue weighted by atomic mass is 32.1. The maximum Gasteiger partial charge on any atom is 0.338 e. The van der Waals surface area contributed by atoms with Crippen LogP contribution in [0.5, 0.6) is 0 Å². The van der Waals surface area contributed by atoms with Crippen molar-refractivity contribution in [2.24, 2.45) is 21.8 Å². The number of carbonyl (C=O) groups is 1. The van der Waals surface area contributed by atoms with Gasteiger partial charge in [0.25, 0.3) is 0 Å². The molecule has 2 heterocycles. The van der Waals surface area contributed by atoms with E-state index < -0.39 is 0 Å². The fourth-order valence-corrected chi connectivity index (χ4v) is 6.39. The number of rotatable bonds is 5. The van der Waals surface area contributed by atoms with Gasteiger partial charge < -0.3 is 5.32 Å². The van der Waals surface area contributed by atoms with Crippen molar-refractivity contribution in [2.75, 3.05) is 6.54 Å². The summed E-state index contributed by atoms with van der Waals surface area (Å²) >= 11 is 1.72. The average molecular weight is 388 g/mol. The van der Waals surface area contributed by atoms with Crippen LogP contribution < -0.4 is 5.32 Å². The number of hydrogen-bond acceptors (Lipinski definition) is 3. The lowest BCUT2D eigenvalue weighted by Crippen LogP contribution is -2.50. The zero-order chi connectivity index (χ0) is 19.2. The Morgan fingerprint density at radius 3 is 2.81 bits per heavy atom. The molecule has 1 aliphatic heterocycles. The predicted molar refractivity (Wildman–Crippen MR) is 112 cm³/mol. The summed E-state index contributed by atoms with van der Waals surface area (Å²) in [6.45, 7) is 10.0. The quantitative estimate of drug-likeness (QED) is 0.700. The second-order valence-corrected chi connectivity index (χ2v) is 10.3. The highest BCUT2D eigenvalue weighted by Crippen LogP contribution is 2.65. The fourth-order valence-electron chi connectivity index (χ4n) is 5.67. The molecule has 2 saturated carbocycles. The van der Waals surface area contributed by atoms with E-state index in [9.17, 15) is 4.79 Å². The molecule has 0 aromatic carbocycles. The fraction of sp³-hybridized carbons (Fsp3) is 0.727. The molecule has 2 bridgehead atoms. The molecule has 27 heavy (non-hydrogen) atoms. The van der Waals surface area contributed by atoms with Gasteiger partial charge in [0.2, 0.25) is 0 Å². The number of amides is 2. The van der Waals surface area contributed by atoms with Crippen LogP contribution >= 0.6 is 11.3 Å². The zero-order valence-corrected chi connectivity index (χ0v) is 17.9. The van der Waals surface area contributed by atoms with Gasteiger partial charge in [0.15, 0.2) is 0 Å². The third kappa shape index (κ3) is 3.02. The first kappa shape index (κ1) is 19.0. The van der Waals surface area contributed by atoms with Gasteiger partial charge in [-0.05, 0) is 71.2 Å². The molecule has 1 aromatic heterocycles. The molecule has 4 nitrogen and oxygen atoms in total. The van der Waals surface area contributed by atoms with Gasteiger partial charge >= 0.3 is 6.03 Å². The Hall–Kier alpha value is -1.36. The summed E-state index contributed by atoms with van der Waals surface area (Å²) in [4.78, 5) is 13.1. The Labute approximate surface area is 167 Å². The van der Waals surface area contributed by atoms with Crippen molar-refractivity contribution < 1.29 is 4.79 Å². The van der Waals surface area contributed by atoms with Crippen molar-refractivity contribution in [3.63, 3.8) is 0 Å². The molecule has 2 amide bonds. The van der Waals surface area contributed by atoms with Gasteiger partial charge in [-0.15, -0.1) is 0 Å². The Balaban J connectivity index is 1.47. The largest absolute Gasteiger partial charge is 0.338 e. The normalized spacial score (nSPS) is 34.1. The Morgan fingerprint density at radius 1 is 1.41 bits per heavy atom. The minimum Gasteiger partial charge on any atom is -0.333 e. The molecule has 5 heteroatoms. The van der Waals surface area contributed by atoms with Crippen molar-refractivity contribution in [3.05, 3.63) is 22.4 Å². The molecule has 1 aromatic rings. The van der Waals surface area contributed by atoms with Crippen LogP contribution in [0.25, 0.3) is 0 Å². The topological polar surface area (TPSA) is 44.7 Å². The average Bonchev–Trinajstić information content (AvgIpc) is 3.37. The van der Waals surface area contributed by atoms with Crippen LogP contribution in [0.1, 0.15) is 77.7 Å². The van der Waals surface area contributed by atoms with Gasteiger partial charge in [-0.1, -0.05) is 34.1 Å². The first-order chi connectivity index (χ1) is 12.9. The van der Waals surface area contributed by atoms with E-state index in [-0.39, 0.29) is 23.4 Å². The summed E-state index contributed by atoms with van der Waals surface area (Å²) in [6, 6.07) is 2.45. The van der Waals surface area contributed by atoms with Crippen molar-refractivity contribution in [2.45, 2.75) is 78.2 Å². The molecule has 148 valence electrons. The van der Waals surface area contributed by atoms with Crippen molar-refractivity contribution >= 4 is 23.1 Å². The number of fused-ring (bicyclic) bond motifs is 2. The van der Waals surface area contributed by atoms with E-state index >= 15 is 0 Å². The minimum atomic E-state index is -0.00342. The van der Waals surface area contributed by atoms with Gasteiger partial charge in [0.1, 0.15) is 0 Å². The number of urea groups is 1. The molecule has 2 fully saturated rings. The number of hydrazone groups is 1. The number of hydrogen-bond donors (Lipinski definition) is 1. The van der Waals surface area contributed by atoms with Gasteiger partial charge in [-0.3, -0.25) is 0 Å². The standard InChI is InChI=1S/C22H33N3OS/c1-5-6-7-18-17(15-9-11-27-14-15)13-25(24-18)20(26)23-19-12-16-8-10-22(19,4)21(16,2)3/h9,11,14,16-17,19H,5-8,10,12-13H2,1-4H3,(H,23,26)/t16?,17?,19-,22?/m0/s1. The molecule has 4 atom stereocenters. The molecule has 2 aliphatic carbocycles. The summed E-state index contributed by atoms with van der Waals surface area (Å²) in [7, 11) is 0. The van der Waals surface area contributed by atoms with E-state index in [0.29, 0.717) is 12.0 Å². The summed E-state index contributed by atoms with van der Waals surface area (Å²) in [5.74, 6) is 0.995. The number of carbonyl (C=O) groups excluding carboxylic acids is 1. The number of thiophene rings is 1. The molecule has 0 radical (unpaired) electrons. The lowest BCUT2D eigenvalue weighted by atomic mass is 9.69. The van der Waals surface area contributed by atoms with E-state index in [2.05, 4.69) is 49.8 Å². The summed E-state index contributed by atoms with van der Waals surface area (Å²) in [5.41, 5.74) is 2.99. The molecule has 3 aliphatic rings. The van der Waals surface area contributed by atoms with Crippen LogP contribution in [0.15, 0.2) is 21.9 Å². The maximum absolute atomic E-state index is 13.1. The third-order valence-corrected chi connectivity index (χ3v) is 8.77. The van der Waals surface area contributed by atoms with Crippen molar-refractivity contribution in [3.8, 4) is 0 Å². The van der Waals surface area contributed by atoms with Gasteiger partial charge in [-0.2, -0.15) is 16.4 Å². The molecule has 4 rings (SSSR count).